The SMILES string of the molecule is O=C(C1CCNC1)N1CCC(c2c[nH]c3cc(F)ccc23)CC1. The molecule has 1 aromatic carbocycles. The summed E-state index contributed by atoms with van der Waals surface area (Å²) in [5.74, 6) is 0.716. The molecule has 2 N–H and O–H groups in total. The van der Waals surface area contributed by atoms with Crippen molar-refractivity contribution in [2.75, 3.05) is 26.2 Å². The average Bonchev–Trinajstić information content (AvgIpc) is 3.23. The Morgan fingerprint density at radius 2 is 2.04 bits per heavy atom. The highest BCUT2D eigenvalue weighted by molar-refractivity contribution is 5.84. The highest BCUT2D eigenvalue weighted by Crippen LogP contribution is 2.33. The maximum absolute atomic E-state index is 13.3. The lowest BCUT2D eigenvalue weighted by atomic mass is 9.88. The fourth-order valence-corrected chi connectivity index (χ4v) is 3.99. The molecule has 5 heteroatoms. The van der Waals surface area contributed by atoms with Crippen molar-refractivity contribution >= 4 is 16.8 Å². The van der Waals surface area contributed by atoms with E-state index in [1.807, 2.05) is 17.2 Å². The topological polar surface area (TPSA) is 48.1 Å². The molecule has 23 heavy (non-hydrogen) atoms. The molecule has 0 aliphatic carbocycles. The number of nitrogens with zero attached hydrogens (tertiary/aromatic N) is 1. The van der Waals surface area contributed by atoms with Crippen LogP contribution in [0.5, 0.6) is 0 Å². The molecule has 1 unspecified atom stereocenters. The van der Waals surface area contributed by atoms with Crippen molar-refractivity contribution in [2.24, 2.45) is 5.92 Å². The van der Waals surface area contributed by atoms with E-state index >= 15 is 0 Å². The molecule has 122 valence electrons. The van der Waals surface area contributed by atoms with Crippen LogP contribution in [0, 0.1) is 11.7 Å². The van der Waals surface area contributed by atoms with E-state index in [-0.39, 0.29) is 11.7 Å². The first-order valence-electron chi connectivity index (χ1n) is 8.48. The Labute approximate surface area is 135 Å². The van der Waals surface area contributed by atoms with Crippen LogP contribution in [-0.2, 0) is 4.79 Å². The quantitative estimate of drug-likeness (QED) is 0.895. The summed E-state index contributed by atoms with van der Waals surface area (Å²) in [4.78, 5) is 17.7. The number of H-pyrrole nitrogens is 1. The van der Waals surface area contributed by atoms with Gasteiger partial charge in [0.2, 0.25) is 5.91 Å². The molecule has 4 rings (SSSR count). The predicted molar refractivity (Wildman–Crippen MR) is 87.8 cm³/mol. The van der Waals surface area contributed by atoms with Crippen molar-refractivity contribution < 1.29 is 9.18 Å². The van der Waals surface area contributed by atoms with Crippen molar-refractivity contribution in [1.29, 1.82) is 0 Å². The number of amides is 1. The highest BCUT2D eigenvalue weighted by Gasteiger charge is 2.30. The average molecular weight is 315 g/mol. The monoisotopic (exact) mass is 315 g/mol. The third kappa shape index (κ3) is 2.74. The Hall–Kier alpha value is -1.88. The Morgan fingerprint density at radius 3 is 2.78 bits per heavy atom. The van der Waals surface area contributed by atoms with Crippen LogP contribution < -0.4 is 5.32 Å². The van der Waals surface area contributed by atoms with Gasteiger partial charge in [-0.1, -0.05) is 0 Å². The zero-order valence-electron chi connectivity index (χ0n) is 13.1. The van der Waals surface area contributed by atoms with Crippen molar-refractivity contribution in [3.63, 3.8) is 0 Å². The van der Waals surface area contributed by atoms with E-state index in [9.17, 15) is 9.18 Å². The van der Waals surface area contributed by atoms with Gasteiger partial charge in [-0.15, -0.1) is 0 Å². The van der Waals surface area contributed by atoms with E-state index in [0.717, 1.165) is 56.3 Å². The molecule has 2 aliphatic heterocycles. The normalized spacial score (nSPS) is 22.8. The lowest BCUT2D eigenvalue weighted by Gasteiger charge is -2.33. The van der Waals surface area contributed by atoms with Crippen molar-refractivity contribution in [1.82, 2.24) is 15.2 Å². The number of benzene rings is 1. The van der Waals surface area contributed by atoms with Gasteiger partial charge < -0.3 is 15.2 Å². The minimum atomic E-state index is -0.212. The molecule has 0 radical (unpaired) electrons. The lowest BCUT2D eigenvalue weighted by Crippen LogP contribution is -2.41. The number of likely N-dealkylation sites (tertiary alicyclic amines) is 1. The van der Waals surface area contributed by atoms with Crippen LogP contribution in [0.25, 0.3) is 10.9 Å². The van der Waals surface area contributed by atoms with Crippen LogP contribution in [0.2, 0.25) is 0 Å². The zero-order chi connectivity index (χ0) is 15.8. The number of hydrogen-bond acceptors (Lipinski definition) is 2. The maximum atomic E-state index is 13.3. The van der Waals surface area contributed by atoms with E-state index in [1.165, 1.54) is 11.6 Å². The predicted octanol–water partition coefficient (Wildman–Crippen LogP) is 2.62. The minimum absolute atomic E-state index is 0.169. The molecule has 3 heterocycles. The van der Waals surface area contributed by atoms with Crippen LogP contribution in [0.15, 0.2) is 24.4 Å². The first-order valence-corrected chi connectivity index (χ1v) is 8.48. The van der Waals surface area contributed by atoms with Crippen LogP contribution in [0.1, 0.15) is 30.7 Å². The number of halogens is 1. The van der Waals surface area contributed by atoms with Gasteiger partial charge in [0, 0.05) is 36.7 Å². The number of nitrogens with one attached hydrogen (secondary N) is 2. The van der Waals surface area contributed by atoms with Crippen LogP contribution in [-0.4, -0.2) is 42.0 Å². The molecular formula is C18H22FN3O. The third-order valence-electron chi connectivity index (χ3n) is 5.33. The number of piperidine rings is 1. The first-order chi connectivity index (χ1) is 11.2. The molecule has 1 amide bonds. The number of hydrogen-bond donors (Lipinski definition) is 2. The minimum Gasteiger partial charge on any atom is -0.361 e. The number of carbonyl (C=O) groups excluding carboxylic acids is 1. The van der Waals surface area contributed by atoms with Crippen molar-refractivity contribution in [2.45, 2.75) is 25.2 Å². The van der Waals surface area contributed by atoms with Gasteiger partial charge in [-0.2, -0.15) is 0 Å². The van der Waals surface area contributed by atoms with Gasteiger partial charge in [-0.25, -0.2) is 4.39 Å². The summed E-state index contributed by atoms with van der Waals surface area (Å²) in [5, 5.41) is 4.37. The molecular weight excluding hydrogens is 293 g/mol. The Balaban J connectivity index is 1.45. The van der Waals surface area contributed by atoms with E-state index in [4.69, 9.17) is 0 Å². The highest BCUT2D eigenvalue weighted by atomic mass is 19.1. The van der Waals surface area contributed by atoms with E-state index in [1.54, 1.807) is 6.07 Å². The molecule has 2 aliphatic rings. The fourth-order valence-electron chi connectivity index (χ4n) is 3.99. The van der Waals surface area contributed by atoms with Gasteiger partial charge in [0.05, 0.1) is 5.92 Å². The fraction of sp³-hybridized carbons (Fsp3) is 0.500. The van der Waals surface area contributed by atoms with E-state index in [0.29, 0.717) is 11.8 Å². The largest absolute Gasteiger partial charge is 0.361 e. The Bertz CT molecular complexity index is 712. The number of carbonyl (C=O) groups is 1. The Morgan fingerprint density at radius 1 is 1.22 bits per heavy atom. The van der Waals surface area contributed by atoms with E-state index < -0.39 is 0 Å². The summed E-state index contributed by atoms with van der Waals surface area (Å²) < 4.78 is 13.3. The van der Waals surface area contributed by atoms with Crippen molar-refractivity contribution in [3.8, 4) is 0 Å². The third-order valence-corrected chi connectivity index (χ3v) is 5.33. The molecule has 0 bridgehead atoms. The molecule has 2 fully saturated rings. The summed E-state index contributed by atoms with van der Waals surface area (Å²) >= 11 is 0. The molecule has 1 aromatic heterocycles. The molecule has 2 saturated heterocycles. The Kier molecular flexibility index (Phi) is 3.81. The van der Waals surface area contributed by atoms with Crippen LogP contribution in [0.4, 0.5) is 4.39 Å². The van der Waals surface area contributed by atoms with Crippen LogP contribution >= 0.6 is 0 Å². The van der Waals surface area contributed by atoms with Gasteiger partial charge in [0.1, 0.15) is 5.82 Å². The first kappa shape index (κ1) is 14.7. The molecule has 1 atom stereocenters. The summed E-state index contributed by atoms with van der Waals surface area (Å²) in [6, 6.07) is 4.92. The second-order valence-corrected chi connectivity index (χ2v) is 6.72. The summed E-state index contributed by atoms with van der Waals surface area (Å²) in [5.41, 5.74) is 2.12. The second-order valence-electron chi connectivity index (χ2n) is 6.72. The lowest BCUT2D eigenvalue weighted by molar-refractivity contribution is -0.135. The van der Waals surface area contributed by atoms with Crippen molar-refractivity contribution in [3.05, 3.63) is 35.8 Å². The van der Waals surface area contributed by atoms with Gasteiger partial charge in [-0.05, 0) is 55.5 Å². The summed E-state index contributed by atoms with van der Waals surface area (Å²) in [7, 11) is 0. The van der Waals surface area contributed by atoms with Crippen LogP contribution in [0.3, 0.4) is 0 Å². The van der Waals surface area contributed by atoms with E-state index in [2.05, 4.69) is 10.3 Å². The molecule has 2 aromatic rings. The maximum Gasteiger partial charge on any atom is 0.227 e. The molecule has 0 saturated carbocycles. The van der Waals surface area contributed by atoms with Gasteiger partial charge in [0.25, 0.3) is 0 Å². The number of fused-ring (bicyclic) bond motifs is 1. The van der Waals surface area contributed by atoms with Gasteiger partial charge in [-0.3, -0.25) is 4.79 Å². The second kappa shape index (κ2) is 5.96. The molecule has 0 spiro atoms. The molecule has 4 nitrogen and oxygen atoms in total. The number of aromatic nitrogens is 1. The van der Waals surface area contributed by atoms with Gasteiger partial charge in [0.15, 0.2) is 0 Å². The summed E-state index contributed by atoms with van der Waals surface area (Å²) in [6.45, 7) is 3.44. The zero-order valence-corrected chi connectivity index (χ0v) is 13.1. The standard InChI is InChI=1S/C18H22FN3O/c19-14-1-2-15-16(11-21-17(15)9-14)12-4-7-22(8-5-12)18(23)13-3-6-20-10-13/h1-2,9,11-13,20-21H,3-8,10H2. The number of aromatic amines is 1. The van der Waals surface area contributed by atoms with Gasteiger partial charge >= 0.3 is 0 Å². The smallest absolute Gasteiger partial charge is 0.227 e. The summed E-state index contributed by atoms with van der Waals surface area (Å²) in [6.07, 6.45) is 4.94. The number of rotatable bonds is 2.